The lowest BCUT2D eigenvalue weighted by Gasteiger charge is -2.19. The summed E-state index contributed by atoms with van der Waals surface area (Å²) in [6, 6.07) is 4.63. The van der Waals surface area contributed by atoms with E-state index < -0.39 is 47.4 Å². The number of rotatable bonds is 6. The van der Waals surface area contributed by atoms with E-state index in [1.54, 1.807) is 19.9 Å². The Morgan fingerprint density at radius 1 is 1.23 bits per heavy atom. The second-order valence-electron chi connectivity index (χ2n) is 7.17. The standard InChI is InChI=1S/C21H22O10/c1-11(22)28-13-7-5-12(9-14(13)26-4)6-8-16(23)29-19-17(24)18(30-20(19)25)15-10-27-21(2,3)31-15/h5-9,15,18,24H,10H2,1-4H3/b8-6+. The van der Waals surface area contributed by atoms with Crippen molar-refractivity contribution < 1.29 is 47.9 Å². The average Bonchev–Trinajstić information content (AvgIpc) is 3.20. The average molecular weight is 434 g/mol. The molecule has 31 heavy (non-hydrogen) atoms. The van der Waals surface area contributed by atoms with Gasteiger partial charge in [-0.3, -0.25) is 4.79 Å². The van der Waals surface area contributed by atoms with Crippen molar-refractivity contribution in [3.63, 3.8) is 0 Å². The Hall–Kier alpha value is -3.37. The number of esters is 3. The highest BCUT2D eigenvalue weighted by Crippen LogP contribution is 2.32. The van der Waals surface area contributed by atoms with Crippen LogP contribution in [0.2, 0.25) is 0 Å². The molecule has 0 aliphatic carbocycles. The number of carbonyl (C=O) groups excluding carboxylic acids is 3. The largest absolute Gasteiger partial charge is 0.505 e. The molecule has 0 spiro atoms. The first-order valence-electron chi connectivity index (χ1n) is 9.32. The summed E-state index contributed by atoms with van der Waals surface area (Å²) in [6.45, 7) is 4.73. The minimum atomic E-state index is -1.13. The van der Waals surface area contributed by atoms with E-state index >= 15 is 0 Å². The van der Waals surface area contributed by atoms with Gasteiger partial charge in [-0.05, 0) is 37.6 Å². The molecular formula is C21H22O10. The maximum Gasteiger partial charge on any atom is 0.378 e. The third-order valence-electron chi connectivity index (χ3n) is 4.35. The van der Waals surface area contributed by atoms with Crippen LogP contribution in [0.3, 0.4) is 0 Å². The van der Waals surface area contributed by atoms with E-state index in [-0.39, 0.29) is 18.1 Å². The SMILES string of the molecule is COc1cc(/C=C/C(=O)OC2=C(O)C(C3COC(C)(C)O3)OC2=O)ccc1OC(C)=O. The van der Waals surface area contributed by atoms with E-state index in [0.717, 1.165) is 6.08 Å². The molecule has 0 radical (unpaired) electrons. The molecular weight excluding hydrogens is 412 g/mol. The molecule has 2 atom stereocenters. The van der Waals surface area contributed by atoms with E-state index in [1.807, 2.05) is 0 Å². The summed E-state index contributed by atoms with van der Waals surface area (Å²) in [5.74, 6) is -3.90. The van der Waals surface area contributed by atoms with Gasteiger partial charge in [0, 0.05) is 13.0 Å². The van der Waals surface area contributed by atoms with Crippen molar-refractivity contribution in [2.24, 2.45) is 0 Å². The van der Waals surface area contributed by atoms with Crippen LogP contribution in [0, 0.1) is 0 Å². The van der Waals surface area contributed by atoms with E-state index in [1.165, 1.54) is 32.2 Å². The van der Waals surface area contributed by atoms with Gasteiger partial charge < -0.3 is 33.5 Å². The number of aliphatic hydroxyl groups is 1. The molecule has 0 amide bonds. The highest BCUT2D eigenvalue weighted by molar-refractivity contribution is 5.96. The summed E-state index contributed by atoms with van der Waals surface area (Å²) in [5.41, 5.74) is 0.536. The summed E-state index contributed by atoms with van der Waals surface area (Å²) in [4.78, 5) is 35.3. The molecule has 1 saturated heterocycles. The molecule has 0 bridgehead atoms. The Morgan fingerprint density at radius 3 is 2.58 bits per heavy atom. The molecule has 3 rings (SSSR count). The molecule has 1 N–H and O–H groups in total. The molecule has 2 aliphatic rings. The zero-order chi connectivity index (χ0) is 22.8. The number of hydrogen-bond donors (Lipinski definition) is 1. The van der Waals surface area contributed by atoms with Crippen LogP contribution in [0.4, 0.5) is 0 Å². The first-order chi connectivity index (χ1) is 14.6. The molecule has 10 heteroatoms. The fourth-order valence-electron chi connectivity index (χ4n) is 2.99. The van der Waals surface area contributed by atoms with Gasteiger partial charge in [-0.15, -0.1) is 0 Å². The fourth-order valence-corrected chi connectivity index (χ4v) is 2.99. The predicted octanol–water partition coefficient (Wildman–Crippen LogP) is 2.02. The highest BCUT2D eigenvalue weighted by Gasteiger charge is 2.47. The van der Waals surface area contributed by atoms with Gasteiger partial charge in [-0.2, -0.15) is 0 Å². The fraction of sp³-hybridized carbons (Fsp3) is 0.381. The molecule has 1 aromatic carbocycles. The van der Waals surface area contributed by atoms with Crippen LogP contribution in [0.25, 0.3) is 6.08 Å². The van der Waals surface area contributed by atoms with Gasteiger partial charge in [0.1, 0.15) is 6.10 Å². The topological polar surface area (TPSA) is 127 Å². The first-order valence-corrected chi connectivity index (χ1v) is 9.32. The van der Waals surface area contributed by atoms with Gasteiger partial charge in [0.25, 0.3) is 5.76 Å². The van der Waals surface area contributed by atoms with E-state index in [9.17, 15) is 19.5 Å². The van der Waals surface area contributed by atoms with E-state index in [2.05, 4.69) is 0 Å². The van der Waals surface area contributed by atoms with Crippen LogP contribution in [0.15, 0.2) is 35.8 Å². The maximum atomic E-state index is 12.1. The second-order valence-corrected chi connectivity index (χ2v) is 7.17. The number of methoxy groups -OCH3 is 1. The lowest BCUT2D eigenvalue weighted by atomic mass is 10.2. The smallest absolute Gasteiger partial charge is 0.378 e. The summed E-state index contributed by atoms with van der Waals surface area (Å²) in [5, 5.41) is 10.3. The molecule has 2 aliphatic heterocycles. The number of cyclic esters (lactones) is 1. The Bertz CT molecular complexity index is 959. The number of hydrogen-bond acceptors (Lipinski definition) is 10. The molecule has 166 valence electrons. The highest BCUT2D eigenvalue weighted by atomic mass is 16.8. The van der Waals surface area contributed by atoms with Gasteiger partial charge in [0.05, 0.1) is 13.7 Å². The van der Waals surface area contributed by atoms with Crippen LogP contribution < -0.4 is 9.47 Å². The molecule has 1 aromatic rings. The number of benzene rings is 1. The lowest BCUT2D eigenvalue weighted by Crippen LogP contribution is -2.32. The molecule has 0 saturated carbocycles. The Morgan fingerprint density at radius 2 is 1.97 bits per heavy atom. The summed E-state index contributed by atoms with van der Waals surface area (Å²) < 4.78 is 31.2. The second kappa shape index (κ2) is 8.78. The quantitative estimate of drug-likeness (QED) is 0.404. The van der Waals surface area contributed by atoms with Gasteiger partial charge in [0.2, 0.25) is 0 Å². The van der Waals surface area contributed by atoms with Gasteiger partial charge >= 0.3 is 17.9 Å². The molecule has 0 aromatic heterocycles. The predicted molar refractivity (Wildman–Crippen MR) is 104 cm³/mol. The van der Waals surface area contributed by atoms with Crippen LogP contribution in [-0.2, 0) is 33.3 Å². The third-order valence-corrected chi connectivity index (χ3v) is 4.35. The summed E-state index contributed by atoms with van der Waals surface area (Å²) >= 11 is 0. The van der Waals surface area contributed by atoms with Crippen molar-refractivity contribution in [1.29, 1.82) is 0 Å². The van der Waals surface area contributed by atoms with Crippen LogP contribution in [0.5, 0.6) is 11.5 Å². The van der Waals surface area contributed by atoms with Crippen molar-refractivity contribution in [3.05, 3.63) is 41.4 Å². The Balaban J connectivity index is 1.68. The number of aliphatic hydroxyl groups excluding tert-OH is 1. The van der Waals surface area contributed by atoms with Crippen molar-refractivity contribution >= 4 is 24.0 Å². The van der Waals surface area contributed by atoms with Crippen molar-refractivity contribution in [3.8, 4) is 11.5 Å². The van der Waals surface area contributed by atoms with Gasteiger partial charge in [-0.25, -0.2) is 9.59 Å². The molecule has 2 unspecified atom stereocenters. The normalized spacial score (nSPS) is 22.5. The monoisotopic (exact) mass is 434 g/mol. The third kappa shape index (κ3) is 5.22. The Labute approximate surface area is 177 Å². The van der Waals surface area contributed by atoms with Crippen LogP contribution >= 0.6 is 0 Å². The maximum absolute atomic E-state index is 12.1. The van der Waals surface area contributed by atoms with Crippen molar-refractivity contribution in [2.75, 3.05) is 13.7 Å². The summed E-state index contributed by atoms with van der Waals surface area (Å²) in [6.07, 6.45) is 0.598. The van der Waals surface area contributed by atoms with Gasteiger partial charge in [0.15, 0.2) is 29.1 Å². The van der Waals surface area contributed by atoms with Crippen LogP contribution in [0.1, 0.15) is 26.3 Å². The lowest BCUT2D eigenvalue weighted by molar-refractivity contribution is -0.163. The molecule has 2 heterocycles. The van der Waals surface area contributed by atoms with Crippen molar-refractivity contribution in [2.45, 2.75) is 38.8 Å². The minimum absolute atomic E-state index is 0.0985. The van der Waals surface area contributed by atoms with Crippen molar-refractivity contribution in [1.82, 2.24) is 0 Å². The van der Waals surface area contributed by atoms with E-state index in [4.69, 9.17) is 28.4 Å². The van der Waals surface area contributed by atoms with Crippen LogP contribution in [-0.4, -0.2) is 54.7 Å². The van der Waals surface area contributed by atoms with Gasteiger partial charge in [-0.1, -0.05) is 6.07 Å². The molecule has 1 fully saturated rings. The minimum Gasteiger partial charge on any atom is -0.505 e. The first kappa shape index (κ1) is 22.3. The zero-order valence-corrected chi connectivity index (χ0v) is 17.4. The zero-order valence-electron chi connectivity index (χ0n) is 17.4. The Kier molecular flexibility index (Phi) is 6.32. The summed E-state index contributed by atoms with van der Waals surface area (Å²) in [7, 11) is 1.40. The van der Waals surface area contributed by atoms with E-state index in [0.29, 0.717) is 5.56 Å². The number of ether oxygens (including phenoxy) is 6. The number of carbonyl (C=O) groups is 3. The molecule has 10 nitrogen and oxygen atoms in total.